The number of hydrogen-bond donors (Lipinski definition) is 0. The van der Waals surface area contributed by atoms with E-state index in [1.807, 2.05) is 0 Å². The standard InChI is InChI=1S/C10H16O3/c1-7-2-3-9-10(4-7)13-6-8(11)5-12-9/h7,9-10H,2-6H2,1H3. The number of ketones is 1. The van der Waals surface area contributed by atoms with Crippen LogP contribution >= 0.6 is 0 Å². The van der Waals surface area contributed by atoms with E-state index in [4.69, 9.17) is 9.47 Å². The molecule has 0 radical (unpaired) electrons. The number of ether oxygens (including phenoxy) is 2. The Labute approximate surface area is 78.4 Å². The average Bonchev–Trinajstić information content (AvgIpc) is 2.29. The molecule has 3 nitrogen and oxygen atoms in total. The van der Waals surface area contributed by atoms with Gasteiger partial charge in [-0.05, 0) is 25.2 Å². The molecule has 2 rings (SSSR count). The molecule has 2 fully saturated rings. The first-order valence-corrected chi connectivity index (χ1v) is 5.00. The van der Waals surface area contributed by atoms with Gasteiger partial charge < -0.3 is 9.47 Å². The van der Waals surface area contributed by atoms with Crippen molar-refractivity contribution < 1.29 is 14.3 Å². The Bertz CT molecular complexity index is 202. The molecule has 3 unspecified atom stereocenters. The molecular formula is C10H16O3. The summed E-state index contributed by atoms with van der Waals surface area (Å²) in [5, 5.41) is 0. The van der Waals surface area contributed by atoms with E-state index in [2.05, 4.69) is 6.92 Å². The summed E-state index contributed by atoms with van der Waals surface area (Å²) in [7, 11) is 0. The molecule has 0 N–H and O–H groups in total. The van der Waals surface area contributed by atoms with Gasteiger partial charge in [-0.15, -0.1) is 0 Å². The fraction of sp³-hybridized carbons (Fsp3) is 0.900. The molecule has 13 heavy (non-hydrogen) atoms. The molecular weight excluding hydrogens is 168 g/mol. The summed E-state index contributed by atoms with van der Waals surface area (Å²) in [6, 6.07) is 0. The van der Waals surface area contributed by atoms with Crippen LogP contribution in [-0.2, 0) is 14.3 Å². The van der Waals surface area contributed by atoms with Crippen LogP contribution in [0.4, 0.5) is 0 Å². The lowest BCUT2D eigenvalue weighted by Gasteiger charge is -2.32. The molecule has 1 aliphatic heterocycles. The van der Waals surface area contributed by atoms with Gasteiger partial charge in [-0.2, -0.15) is 0 Å². The minimum atomic E-state index is 0.0713. The third-order valence-corrected chi connectivity index (χ3v) is 2.91. The maximum atomic E-state index is 11.1. The normalized spacial score (nSPS) is 41.0. The molecule has 74 valence electrons. The van der Waals surface area contributed by atoms with E-state index in [0.717, 1.165) is 12.8 Å². The lowest BCUT2D eigenvalue weighted by Crippen LogP contribution is -2.35. The van der Waals surface area contributed by atoms with E-state index in [0.29, 0.717) is 5.92 Å². The Morgan fingerprint density at radius 2 is 1.85 bits per heavy atom. The van der Waals surface area contributed by atoms with Crippen LogP contribution < -0.4 is 0 Å². The molecule has 0 spiro atoms. The maximum Gasteiger partial charge on any atom is 0.184 e. The molecule has 0 aromatic rings. The van der Waals surface area contributed by atoms with E-state index < -0.39 is 0 Å². The van der Waals surface area contributed by atoms with E-state index in [1.165, 1.54) is 6.42 Å². The molecule has 0 aromatic carbocycles. The third-order valence-electron chi connectivity index (χ3n) is 2.91. The highest BCUT2D eigenvalue weighted by atomic mass is 16.6. The van der Waals surface area contributed by atoms with Crippen molar-refractivity contribution in [1.82, 2.24) is 0 Å². The quantitative estimate of drug-likeness (QED) is 0.566. The highest BCUT2D eigenvalue weighted by Gasteiger charge is 2.32. The van der Waals surface area contributed by atoms with Crippen molar-refractivity contribution in [2.75, 3.05) is 13.2 Å². The number of fused-ring (bicyclic) bond motifs is 1. The zero-order valence-electron chi connectivity index (χ0n) is 7.99. The monoisotopic (exact) mass is 184 g/mol. The van der Waals surface area contributed by atoms with Crippen LogP contribution in [0.1, 0.15) is 26.2 Å². The molecule has 1 heterocycles. The summed E-state index contributed by atoms with van der Waals surface area (Å²) in [5.74, 6) is 0.778. The van der Waals surface area contributed by atoms with Crippen LogP contribution in [0.2, 0.25) is 0 Å². The second-order valence-electron chi connectivity index (χ2n) is 4.16. The molecule has 1 aliphatic carbocycles. The molecule has 2 aliphatic rings. The second-order valence-corrected chi connectivity index (χ2v) is 4.16. The highest BCUT2D eigenvalue weighted by molar-refractivity contribution is 5.81. The van der Waals surface area contributed by atoms with Crippen LogP contribution in [0.25, 0.3) is 0 Å². The Hall–Kier alpha value is -0.410. The van der Waals surface area contributed by atoms with Crippen molar-refractivity contribution >= 4 is 5.78 Å². The van der Waals surface area contributed by atoms with Gasteiger partial charge in [0, 0.05) is 0 Å². The number of carbonyl (C=O) groups is 1. The van der Waals surface area contributed by atoms with Crippen LogP contribution in [0.15, 0.2) is 0 Å². The molecule has 3 atom stereocenters. The topological polar surface area (TPSA) is 35.5 Å². The van der Waals surface area contributed by atoms with Crippen molar-refractivity contribution in [1.29, 1.82) is 0 Å². The first-order valence-electron chi connectivity index (χ1n) is 5.00. The Balaban J connectivity index is 1.99. The predicted octanol–water partition coefficient (Wildman–Crippen LogP) is 1.16. The van der Waals surface area contributed by atoms with E-state index in [1.54, 1.807) is 0 Å². The second kappa shape index (κ2) is 3.76. The number of Topliss-reactive ketones (excluding diaryl/α,β-unsaturated/α-hetero) is 1. The molecule has 0 amide bonds. The largest absolute Gasteiger partial charge is 0.368 e. The summed E-state index contributed by atoms with van der Waals surface area (Å²) in [5.41, 5.74) is 0. The minimum absolute atomic E-state index is 0.0713. The van der Waals surface area contributed by atoms with Crippen LogP contribution in [0.3, 0.4) is 0 Å². The van der Waals surface area contributed by atoms with E-state index in [9.17, 15) is 4.79 Å². The van der Waals surface area contributed by atoms with Crippen molar-refractivity contribution in [2.45, 2.75) is 38.4 Å². The van der Waals surface area contributed by atoms with Gasteiger partial charge in [-0.1, -0.05) is 6.92 Å². The smallest absolute Gasteiger partial charge is 0.184 e. The molecule has 0 aromatic heterocycles. The summed E-state index contributed by atoms with van der Waals surface area (Å²) in [6.45, 7) is 2.72. The number of rotatable bonds is 0. The molecule has 1 saturated carbocycles. The van der Waals surface area contributed by atoms with Crippen molar-refractivity contribution in [3.05, 3.63) is 0 Å². The fourth-order valence-electron chi connectivity index (χ4n) is 2.11. The predicted molar refractivity (Wildman–Crippen MR) is 47.5 cm³/mol. The summed E-state index contributed by atoms with van der Waals surface area (Å²) in [6.07, 6.45) is 3.60. The summed E-state index contributed by atoms with van der Waals surface area (Å²) >= 11 is 0. The SMILES string of the molecule is CC1CCC2OCC(=O)COC2C1. The van der Waals surface area contributed by atoms with Gasteiger partial charge in [0.05, 0.1) is 12.2 Å². The first-order chi connectivity index (χ1) is 6.25. The molecule has 1 saturated heterocycles. The van der Waals surface area contributed by atoms with Crippen LogP contribution in [0, 0.1) is 5.92 Å². The van der Waals surface area contributed by atoms with Gasteiger partial charge in [0.2, 0.25) is 0 Å². The van der Waals surface area contributed by atoms with Gasteiger partial charge >= 0.3 is 0 Å². The average molecular weight is 184 g/mol. The molecule has 3 heteroatoms. The van der Waals surface area contributed by atoms with Crippen molar-refractivity contribution in [3.8, 4) is 0 Å². The minimum Gasteiger partial charge on any atom is -0.368 e. The number of hydrogen-bond acceptors (Lipinski definition) is 3. The van der Waals surface area contributed by atoms with Crippen molar-refractivity contribution in [2.24, 2.45) is 5.92 Å². The maximum absolute atomic E-state index is 11.1. The number of carbonyl (C=O) groups excluding carboxylic acids is 1. The Kier molecular flexibility index (Phi) is 2.65. The highest BCUT2D eigenvalue weighted by Crippen LogP contribution is 2.29. The summed E-state index contributed by atoms with van der Waals surface area (Å²) < 4.78 is 11.0. The van der Waals surface area contributed by atoms with E-state index >= 15 is 0 Å². The van der Waals surface area contributed by atoms with Crippen molar-refractivity contribution in [3.63, 3.8) is 0 Å². The van der Waals surface area contributed by atoms with Gasteiger partial charge in [0.1, 0.15) is 13.2 Å². The zero-order valence-corrected chi connectivity index (χ0v) is 7.99. The summed E-state index contributed by atoms with van der Waals surface area (Å²) in [4.78, 5) is 11.1. The Morgan fingerprint density at radius 3 is 2.62 bits per heavy atom. The van der Waals surface area contributed by atoms with Gasteiger partial charge in [0.25, 0.3) is 0 Å². The van der Waals surface area contributed by atoms with Crippen LogP contribution in [-0.4, -0.2) is 31.2 Å². The fourth-order valence-corrected chi connectivity index (χ4v) is 2.11. The third kappa shape index (κ3) is 2.09. The first kappa shape index (κ1) is 9.16. The van der Waals surface area contributed by atoms with Gasteiger partial charge in [-0.3, -0.25) is 4.79 Å². The Morgan fingerprint density at radius 1 is 1.15 bits per heavy atom. The zero-order chi connectivity index (χ0) is 9.26. The van der Waals surface area contributed by atoms with Crippen LogP contribution in [0.5, 0.6) is 0 Å². The van der Waals surface area contributed by atoms with Gasteiger partial charge in [0.15, 0.2) is 5.78 Å². The molecule has 0 bridgehead atoms. The lowest BCUT2D eigenvalue weighted by atomic mass is 9.86. The van der Waals surface area contributed by atoms with Gasteiger partial charge in [-0.25, -0.2) is 0 Å². The van der Waals surface area contributed by atoms with E-state index in [-0.39, 0.29) is 31.2 Å². The lowest BCUT2D eigenvalue weighted by molar-refractivity contribution is -0.124.